The van der Waals surface area contributed by atoms with Gasteiger partial charge in [0, 0.05) is 23.5 Å². The number of benzene rings is 1. The topological polar surface area (TPSA) is 76.4 Å². The molecular weight excluding hydrogens is 318 g/mol. The van der Waals surface area contributed by atoms with Crippen LogP contribution in [-0.2, 0) is 28.0 Å². The summed E-state index contributed by atoms with van der Waals surface area (Å²) < 4.78 is 6.70. The van der Waals surface area contributed by atoms with Crippen molar-refractivity contribution in [2.75, 3.05) is 19.0 Å². The van der Waals surface area contributed by atoms with Crippen molar-refractivity contribution in [3.8, 4) is 0 Å². The molecule has 0 amide bonds. The molecule has 1 heterocycles. The van der Waals surface area contributed by atoms with Crippen molar-refractivity contribution in [3.05, 3.63) is 46.8 Å². The molecular formula is C19H27N3O3. The first-order valence-electron chi connectivity index (χ1n) is 8.37. The third-order valence-corrected chi connectivity index (χ3v) is 4.61. The summed E-state index contributed by atoms with van der Waals surface area (Å²) in [5.41, 5.74) is 4.36. The van der Waals surface area contributed by atoms with Crippen molar-refractivity contribution in [1.82, 2.24) is 9.78 Å². The van der Waals surface area contributed by atoms with Crippen LogP contribution in [0.25, 0.3) is 0 Å². The Hall–Kier alpha value is -2.34. The minimum atomic E-state index is -0.675. The lowest BCUT2D eigenvalue weighted by molar-refractivity contribution is -0.146. The van der Waals surface area contributed by atoms with E-state index in [2.05, 4.69) is 10.4 Å². The summed E-state index contributed by atoms with van der Waals surface area (Å²) in [6, 6.07) is 7.80. The largest absolute Gasteiger partial charge is 0.468 e. The van der Waals surface area contributed by atoms with Gasteiger partial charge in [0.15, 0.2) is 0 Å². The molecule has 0 radical (unpaired) electrons. The molecule has 0 saturated heterocycles. The molecule has 1 aromatic carbocycles. The minimum absolute atomic E-state index is 0.0757. The number of hydrogen-bond acceptors (Lipinski definition) is 5. The van der Waals surface area contributed by atoms with Gasteiger partial charge in [-0.15, -0.1) is 0 Å². The molecule has 2 N–H and O–H groups in total. The van der Waals surface area contributed by atoms with Crippen LogP contribution in [0.5, 0.6) is 0 Å². The van der Waals surface area contributed by atoms with E-state index in [0.29, 0.717) is 13.1 Å². The lowest BCUT2D eigenvalue weighted by Gasteiger charge is -2.22. The molecule has 0 fully saturated rings. The van der Waals surface area contributed by atoms with Crippen molar-refractivity contribution >= 4 is 11.7 Å². The van der Waals surface area contributed by atoms with Gasteiger partial charge < -0.3 is 15.2 Å². The van der Waals surface area contributed by atoms with Crippen LogP contribution in [0.1, 0.15) is 36.4 Å². The smallest absolute Gasteiger partial charge is 0.315 e. The Labute approximate surface area is 148 Å². The van der Waals surface area contributed by atoms with Crippen LogP contribution in [0.3, 0.4) is 0 Å². The van der Waals surface area contributed by atoms with Crippen LogP contribution in [0.4, 0.5) is 5.69 Å². The zero-order valence-corrected chi connectivity index (χ0v) is 15.6. The fourth-order valence-corrected chi connectivity index (χ4v) is 2.87. The number of hydrogen-bond donors (Lipinski definition) is 2. The lowest BCUT2D eigenvalue weighted by atomic mass is 9.85. The van der Waals surface area contributed by atoms with E-state index in [4.69, 9.17) is 9.84 Å². The Balaban J connectivity index is 2.09. The van der Waals surface area contributed by atoms with Crippen molar-refractivity contribution in [1.29, 1.82) is 0 Å². The first-order valence-corrected chi connectivity index (χ1v) is 8.37. The van der Waals surface area contributed by atoms with Gasteiger partial charge in [-0.3, -0.25) is 9.48 Å². The fourth-order valence-electron chi connectivity index (χ4n) is 2.87. The number of anilines is 1. The predicted molar refractivity (Wildman–Crippen MR) is 97.6 cm³/mol. The summed E-state index contributed by atoms with van der Waals surface area (Å²) in [5.74, 6) is -0.254. The quantitative estimate of drug-likeness (QED) is 0.754. The van der Waals surface area contributed by atoms with Crippen molar-refractivity contribution in [3.63, 3.8) is 0 Å². The number of ether oxygens (including phenoxy) is 1. The summed E-state index contributed by atoms with van der Waals surface area (Å²) in [5, 5.41) is 16.9. The molecule has 0 bridgehead atoms. The second kappa shape index (κ2) is 7.70. The predicted octanol–water partition coefficient (Wildman–Crippen LogP) is 2.55. The van der Waals surface area contributed by atoms with Gasteiger partial charge in [-0.1, -0.05) is 12.1 Å². The number of carbonyl (C=O) groups is 1. The van der Waals surface area contributed by atoms with E-state index in [1.807, 2.05) is 56.6 Å². The second-order valence-corrected chi connectivity index (χ2v) is 6.64. The summed E-state index contributed by atoms with van der Waals surface area (Å²) in [4.78, 5) is 11.9. The number of aliphatic hydroxyl groups is 1. The summed E-state index contributed by atoms with van der Waals surface area (Å²) in [6.45, 7) is 8.92. The number of aryl methyl sites for hydroxylation is 1. The summed E-state index contributed by atoms with van der Waals surface area (Å²) in [6.07, 6.45) is 0. The molecule has 2 rings (SSSR count). The first-order chi connectivity index (χ1) is 11.8. The van der Waals surface area contributed by atoms with Gasteiger partial charge in [0.05, 0.1) is 31.4 Å². The molecule has 0 unspecified atom stereocenters. The summed E-state index contributed by atoms with van der Waals surface area (Å²) in [7, 11) is 1.40. The van der Waals surface area contributed by atoms with Gasteiger partial charge in [-0.25, -0.2) is 0 Å². The zero-order valence-electron chi connectivity index (χ0n) is 15.6. The van der Waals surface area contributed by atoms with E-state index in [1.54, 1.807) is 0 Å². The van der Waals surface area contributed by atoms with Crippen molar-refractivity contribution < 1.29 is 14.6 Å². The number of aliphatic hydroxyl groups excluding tert-OH is 1. The number of methoxy groups -OCH3 is 1. The lowest BCUT2D eigenvalue weighted by Crippen LogP contribution is -2.30. The molecule has 6 heteroatoms. The van der Waals surface area contributed by atoms with Crippen LogP contribution >= 0.6 is 0 Å². The monoisotopic (exact) mass is 345 g/mol. The highest BCUT2D eigenvalue weighted by atomic mass is 16.5. The van der Waals surface area contributed by atoms with Crippen LogP contribution < -0.4 is 5.32 Å². The number of carbonyl (C=O) groups excluding carboxylic acids is 1. The van der Waals surface area contributed by atoms with E-state index in [9.17, 15) is 4.79 Å². The molecule has 136 valence electrons. The minimum Gasteiger partial charge on any atom is -0.468 e. The molecule has 0 aliphatic heterocycles. The maximum Gasteiger partial charge on any atom is 0.315 e. The molecule has 0 saturated carbocycles. The molecule has 0 aliphatic rings. The second-order valence-electron chi connectivity index (χ2n) is 6.64. The molecule has 6 nitrogen and oxygen atoms in total. The van der Waals surface area contributed by atoms with E-state index >= 15 is 0 Å². The fraction of sp³-hybridized carbons (Fsp3) is 0.474. The van der Waals surface area contributed by atoms with E-state index in [0.717, 1.165) is 28.2 Å². The zero-order chi connectivity index (χ0) is 18.6. The molecule has 0 atom stereocenters. The van der Waals surface area contributed by atoms with E-state index < -0.39 is 5.41 Å². The first kappa shape index (κ1) is 19.0. The van der Waals surface area contributed by atoms with E-state index in [1.165, 1.54) is 7.11 Å². The maximum atomic E-state index is 11.9. The van der Waals surface area contributed by atoms with Crippen LogP contribution in [-0.4, -0.2) is 34.6 Å². The molecule has 1 aromatic heterocycles. The van der Waals surface area contributed by atoms with Gasteiger partial charge >= 0.3 is 5.97 Å². The Morgan fingerprint density at radius 3 is 2.48 bits per heavy atom. The number of nitrogens with zero attached hydrogens (tertiary/aromatic N) is 2. The highest BCUT2D eigenvalue weighted by Gasteiger charge is 2.30. The van der Waals surface area contributed by atoms with Gasteiger partial charge in [-0.2, -0.15) is 5.10 Å². The number of nitrogens with one attached hydrogen (secondary N) is 1. The highest BCUT2D eigenvalue weighted by Crippen LogP contribution is 2.26. The Morgan fingerprint density at radius 2 is 1.92 bits per heavy atom. The standard InChI is InChI=1S/C19H27N3O3/c1-13-17(14(2)22(21-13)10-11-23)12-20-16-8-6-15(7-9-16)19(3,4)18(24)25-5/h6-9,20,23H,10-12H2,1-5H3. The average Bonchev–Trinajstić information content (AvgIpc) is 2.86. The summed E-state index contributed by atoms with van der Waals surface area (Å²) >= 11 is 0. The van der Waals surface area contributed by atoms with Gasteiger partial charge in [-0.05, 0) is 45.4 Å². The Kier molecular flexibility index (Phi) is 5.85. The maximum absolute atomic E-state index is 11.9. The number of esters is 1. The number of rotatable bonds is 7. The molecule has 0 aliphatic carbocycles. The molecule has 25 heavy (non-hydrogen) atoms. The third-order valence-electron chi connectivity index (χ3n) is 4.61. The highest BCUT2D eigenvalue weighted by molar-refractivity contribution is 5.82. The van der Waals surface area contributed by atoms with Crippen molar-refractivity contribution in [2.45, 2.75) is 46.2 Å². The number of aromatic nitrogens is 2. The van der Waals surface area contributed by atoms with Gasteiger partial charge in [0.1, 0.15) is 0 Å². The van der Waals surface area contributed by atoms with Crippen LogP contribution in [0, 0.1) is 13.8 Å². The van der Waals surface area contributed by atoms with Gasteiger partial charge in [0.2, 0.25) is 0 Å². The van der Waals surface area contributed by atoms with E-state index in [-0.39, 0.29) is 12.6 Å². The SMILES string of the molecule is COC(=O)C(C)(C)c1ccc(NCc2c(C)nn(CCO)c2C)cc1. The normalized spacial score (nSPS) is 11.4. The van der Waals surface area contributed by atoms with Crippen LogP contribution in [0.2, 0.25) is 0 Å². The van der Waals surface area contributed by atoms with Crippen molar-refractivity contribution in [2.24, 2.45) is 0 Å². The molecule has 0 spiro atoms. The third kappa shape index (κ3) is 4.02. The Morgan fingerprint density at radius 1 is 1.28 bits per heavy atom. The van der Waals surface area contributed by atoms with Crippen LogP contribution in [0.15, 0.2) is 24.3 Å². The average molecular weight is 345 g/mol. The Bertz CT molecular complexity index is 733. The van der Waals surface area contributed by atoms with Gasteiger partial charge in [0.25, 0.3) is 0 Å². The molecule has 2 aromatic rings.